The van der Waals surface area contributed by atoms with E-state index in [1.165, 1.54) is 5.56 Å². The van der Waals surface area contributed by atoms with Crippen LogP contribution >= 0.6 is 0 Å². The summed E-state index contributed by atoms with van der Waals surface area (Å²) in [6.07, 6.45) is 0. The van der Waals surface area contributed by atoms with Crippen molar-refractivity contribution in [3.63, 3.8) is 0 Å². The minimum Gasteiger partial charge on any atom is -0.507 e. The number of rotatable bonds is 2. The third-order valence-corrected chi connectivity index (χ3v) is 3.06. The van der Waals surface area contributed by atoms with Gasteiger partial charge < -0.3 is 15.3 Å². The van der Waals surface area contributed by atoms with E-state index in [4.69, 9.17) is 0 Å². The third kappa shape index (κ3) is 2.52. The molecule has 1 heterocycles. The Bertz CT molecular complexity index is 431. The summed E-state index contributed by atoms with van der Waals surface area (Å²) >= 11 is 0. The topological polar surface area (TPSA) is 47.9 Å². The Labute approximate surface area is 102 Å². The van der Waals surface area contributed by atoms with Crippen molar-refractivity contribution in [2.75, 3.05) is 20.1 Å². The van der Waals surface area contributed by atoms with Crippen LogP contribution in [-0.2, 0) is 6.54 Å². The number of phenols is 1. The van der Waals surface area contributed by atoms with E-state index in [1.807, 2.05) is 33.0 Å². The van der Waals surface area contributed by atoms with Crippen molar-refractivity contribution in [1.82, 2.24) is 10.2 Å². The highest BCUT2D eigenvalue weighted by molar-refractivity contribution is 5.81. The van der Waals surface area contributed by atoms with Crippen LogP contribution in [0.25, 0.3) is 0 Å². The number of hydrogen-bond acceptors (Lipinski definition) is 4. The summed E-state index contributed by atoms with van der Waals surface area (Å²) in [6, 6.07) is 4.01. The van der Waals surface area contributed by atoms with Crippen molar-refractivity contribution < 1.29 is 5.11 Å². The van der Waals surface area contributed by atoms with Crippen LogP contribution in [0.3, 0.4) is 0 Å². The van der Waals surface area contributed by atoms with E-state index in [-0.39, 0.29) is 0 Å². The molecule has 0 unspecified atom stereocenters. The molecule has 1 aliphatic heterocycles. The SMILES string of the molecule is Cc1cc(CNC2=NCCN2C)cc(C)c1O. The quantitative estimate of drug-likeness (QED) is 0.811. The summed E-state index contributed by atoms with van der Waals surface area (Å²) in [6.45, 7) is 6.43. The Morgan fingerprint density at radius 2 is 2.00 bits per heavy atom. The average Bonchev–Trinajstić information content (AvgIpc) is 2.69. The van der Waals surface area contributed by atoms with E-state index in [0.29, 0.717) is 5.75 Å². The van der Waals surface area contributed by atoms with Crippen LogP contribution in [0.4, 0.5) is 0 Å². The first-order valence-corrected chi connectivity index (χ1v) is 5.86. The van der Waals surface area contributed by atoms with Crippen molar-refractivity contribution in [2.24, 2.45) is 4.99 Å². The smallest absolute Gasteiger partial charge is 0.194 e. The first kappa shape index (κ1) is 11.8. The van der Waals surface area contributed by atoms with Crippen LogP contribution in [0.2, 0.25) is 0 Å². The Kier molecular flexibility index (Phi) is 3.22. The van der Waals surface area contributed by atoms with Crippen molar-refractivity contribution in [1.29, 1.82) is 0 Å². The number of aryl methyl sites for hydroxylation is 2. The molecule has 0 radical (unpaired) electrons. The Hall–Kier alpha value is -1.71. The number of nitrogens with zero attached hydrogens (tertiary/aromatic N) is 2. The van der Waals surface area contributed by atoms with Gasteiger partial charge in [0.25, 0.3) is 0 Å². The lowest BCUT2D eigenvalue weighted by Crippen LogP contribution is -2.35. The second kappa shape index (κ2) is 4.65. The predicted molar refractivity (Wildman–Crippen MR) is 69.4 cm³/mol. The van der Waals surface area contributed by atoms with Crippen LogP contribution in [0, 0.1) is 13.8 Å². The number of likely N-dealkylation sites (N-methyl/N-ethyl adjacent to an activating group) is 1. The van der Waals surface area contributed by atoms with Gasteiger partial charge in [-0.25, -0.2) is 0 Å². The van der Waals surface area contributed by atoms with Gasteiger partial charge in [0.15, 0.2) is 5.96 Å². The van der Waals surface area contributed by atoms with Crippen molar-refractivity contribution >= 4 is 5.96 Å². The minimum atomic E-state index is 0.393. The summed E-state index contributed by atoms with van der Waals surface area (Å²) in [7, 11) is 2.03. The molecule has 0 atom stereocenters. The number of aliphatic imine (C=N–C) groups is 1. The second-order valence-corrected chi connectivity index (χ2v) is 4.56. The average molecular weight is 233 g/mol. The Morgan fingerprint density at radius 1 is 1.35 bits per heavy atom. The molecule has 0 saturated heterocycles. The van der Waals surface area contributed by atoms with Gasteiger partial charge in [-0.15, -0.1) is 0 Å². The standard InChI is InChI=1S/C13H19N3O/c1-9-6-11(7-10(2)12(9)17)8-15-13-14-4-5-16(13)3/h6-7,17H,4-5,8H2,1-3H3,(H,14,15). The predicted octanol–water partition coefficient (Wildman–Crippen LogP) is 1.40. The highest BCUT2D eigenvalue weighted by Gasteiger charge is 2.11. The molecule has 2 N–H and O–H groups in total. The lowest BCUT2D eigenvalue weighted by molar-refractivity contribution is 0.466. The van der Waals surface area contributed by atoms with Gasteiger partial charge in [0.2, 0.25) is 0 Å². The number of nitrogens with one attached hydrogen (secondary N) is 1. The summed E-state index contributed by atoms with van der Waals surface area (Å²) in [5.74, 6) is 1.34. The van der Waals surface area contributed by atoms with Gasteiger partial charge in [-0.3, -0.25) is 4.99 Å². The normalized spacial score (nSPS) is 15.0. The molecule has 0 fully saturated rings. The number of benzene rings is 1. The van der Waals surface area contributed by atoms with Gasteiger partial charge in [0.05, 0.1) is 6.54 Å². The molecule has 1 aliphatic rings. The summed E-state index contributed by atoms with van der Waals surface area (Å²) in [4.78, 5) is 6.49. The molecule has 0 aromatic heterocycles. The van der Waals surface area contributed by atoms with Crippen molar-refractivity contribution in [3.8, 4) is 5.75 Å². The van der Waals surface area contributed by atoms with E-state index >= 15 is 0 Å². The zero-order valence-electron chi connectivity index (χ0n) is 10.6. The Balaban J connectivity index is 2.04. The van der Waals surface area contributed by atoms with Crippen LogP contribution in [0.15, 0.2) is 17.1 Å². The molecule has 1 aromatic rings. The summed E-state index contributed by atoms with van der Waals surface area (Å²) in [5, 5.41) is 13.0. The number of aromatic hydroxyl groups is 1. The highest BCUT2D eigenvalue weighted by atomic mass is 16.3. The molecule has 0 bridgehead atoms. The summed E-state index contributed by atoms with van der Waals surface area (Å²) < 4.78 is 0. The largest absolute Gasteiger partial charge is 0.507 e. The zero-order chi connectivity index (χ0) is 12.4. The third-order valence-electron chi connectivity index (χ3n) is 3.06. The van der Waals surface area contributed by atoms with Crippen LogP contribution < -0.4 is 5.32 Å². The molecule has 2 rings (SSSR count). The first-order valence-electron chi connectivity index (χ1n) is 5.86. The fraction of sp³-hybridized carbons (Fsp3) is 0.462. The molecular weight excluding hydrogens is 214 g/mol. The number of guanidine groups is 1. The van der Waals surface area contributed by atoms with Crippen LogP contribution in [0.5, 0.6) is 5.75 Å². The van der Waals surface area contributed by atoms with Crippen molar-refractivity contribution in [3.05, 3.63) is 28.8 Å². The minimum absolute atomic E-state index is 0.393. The van der Waals surface area contributed by atoms with Crippen LogP contribution in [0.1, 0.15) is 16.7 Å². The zero-order valence-corrected chi connectivity index (χ0v) is 10.6. The lowest BCUT2D eigenvalue weighted by atomic mass is 10.1. The lowest BCUT2D eigenvalue weighted by Gasteiger charge is -2.16. The number of phenolic OH excluding ortho intramolecular Hbond substituents is 1. The van der Waals surface area contributed by atoms with Gasteiger partial charge in [-0.1, -0.05) is 12.1 Å². The van der Waals surface area contributed by atoms with Crippen LogP contribution in [-0.4, -0.2) is 36.1 Å². The molecular formula is C13H19N3O. The Morgan fingerprint density at radius 3 is 2.53 bits per heavy atom. The van der Waals surface area contributed by atoms with E-state index in [0.717, 1.165) is 36.7 Å². The monoisotopic (exact) mass is 233 g/mol. The van der Waals surface area contributed by atoms with E-state index in [1.54, 1.807) is 0 Å². The van der Waals surface area contributed by atoms with Gasteiger partial charge in [-0.05, 0) is 30.5 Å². The van der Waals surface area contributed by atoms with Gasteiger partial charge in [-0.2, -0.15) is 0 Å². The second-order valence-electron chi connectivity index (χ2n) is 4.56. The maximum atomic E-state index is 9.70. The summed E-state index contributed by atoms with van der Waals surface area (Å²) in [5.41, 5.74) is 3.01. The van der Waals surface area contributed by atoms with E-state index < -0.39 is 0 Å². The fourth-order valence-corrected chi connectivity index (χ4v) is 2.05. The molecule has 0 aliphatic carbocycles. The molecule has 1 aromatic carbocycles. The molecule has 4 heteroatoms. The van der Waals surface area contributed by atoms with E-state index in [2.05, 4.69) is 15.2 Å². The molecule has 92 valence electrons. The maximum Gasteiger partial charge on any atom is 0.194 e. The molecule has 0 saturated carbocycles. The van der Waals surface area contributed by atoms with Gasteiger partial charge in [0, 0.05) is 20.1 Å². The van der Waals surface area contributed by atoms with E-state index in [9.17, 15) is 5.11 Å². The first-order chi connectivity index (χ1) is 8.08. The molecule has 4 nitrogen and oxygen atoms in total. The van der Waals surface area contributed by atoms with Gasteiger partial charge >= 0.3 is 0 Å². The molecule has 0 spiro atoms. The highest BCUT2D eigenvalue weighted by Crippen LogP contribution is 2.22. The fourth-order valence-electron chi connectivity index (χ4n) is 2.05. The molecule has 0 amide bonds. The van der Waals surface area contributed by atoms with Crippen molar-refractivity contribution in [2.45, 2.75) is 20.4 Å². The maximum absolute atomic E-state index is 9.70. The number of hydrogen-bond donors (Lipinski definition) is 2. The van der Waals surface area contributed by atoms with Gasteiger partial charge in [0.1, 0.15) is 5.75 Å². The molecule has 17 heavy (non-hydrogen) atoms.